The topological polar surface area (TPSA) is 80.9 Å². The van der Waals surface area contributed by atoms with Crippen molar-refractivity contribution in [1.82, 2.24) is 5.43 Å². The Balaban J connectivity index is 1.34. The third kappa shape index (κ3) is 4.44. The Morgan fingerprint density at radius 2 is 1.70 bits per heavy atom. The summed E-state index contributed by atoms with van der Waals surface area (Å²) in [7, 11) is 0. The van der Waals surface area contributed by atoms with E-state index in [1.165, 1.54) is 6.21 Å². The number of esters is 1. The molecule has 1 N–H and O–H groups in total. The summed E-state index contributed by atoms with van der Waals surface area (Å²) in [6.45, 7) is 1.95. The van der Waals surface area contributed by atoms with Gasteiger partial charge in [-0.1, -0.05) is 35.9 Å². The van der Waals surface area contributed by atoms with E-state index >= 15 is 0 Å². The Morgan fingerprint density at radius 1 is 0.967 bits per heavy atom. The average Bonchev–Trinajstić information content (AvgIpc) is 3.20. The number of aryl methyl sites for hydroxylation is 1. The van der Waals surface area contributed by atoms with Gasteiger partial charge in [0.2, 0.25) is 0 Å². The van der Waals surface area contributed by atoms with Gasteiger partial charge in [0.05, 0.1) is 11.8 Å². The molecule has 0 aliphatic carbocycles. The van der Waals surface area contributed by atoms with Gasteiger partial charge in [0.1, 0.15) is 11.3 Å². The molecule has 0 radical (unpaired) electrons. The van der Waals surface area contributed by atoms with Crippen molar-refractivity contribution >= 4 is 29.1 Å². The van der Waals surface area contributed by atoms with Crippen molar-refractivity contribution in [2.75, 3.05) is 0 Å². The summed E-state index contributed by atoms with van der Waals surface area (Å²) < 4.78 is 10.9. The zero-order valence-corrected chi connectivity index (χ0v) is 16.2. The Labute approximate surface area is 172 Å². The van der Waals surface area contributed by atoms with Gasteiger partial charge in [-0.25, -0.2) is 10.2 Å². The van der Waals surface area contributed by atoms with Crippen molar-refractivity contribution < 1.29 is 18.7 Å². The van der Waals surface area contributed by atoms with E-state index in [0.717, 1.165) is 16.5 Å². The fraction of sp³-hybridized carbons (Fsp3) is 0.0417. The summed E-state index contributed by atoms with van der Waals surface area (Å²) in [5, 5.41) is 4.79. The first-order valence-electron chi connectivity index (χ1n) is 9.29. The van der Waals surface area contributed by atoms with Crippen LogP contribution in [0.2, 0.25) is 0 Å². The number of benzene rings is 3. The molecule has 148 valence electrons. The average molecular weight is 398 g/mol. The van der Waals surface area contributed by atoms with Crippen LogP contribution in [0.1, 0.15) is 32.0 Å². The van der Waals surface area contributed by atoms with Crippen LogP contribution in [-0.2, 0) is 0 Å². The highest BCUT2D eigenvalue weighted by atomic mass is 16.5. The molecule has 1 aromatic heterocycles. The monoisotopic (exact) mass is 398 g/mol. The molecule has 0 bridgehead atoms. The largest absolute Gasteiger partial charge is 0.451 e. The maximum Gasteiger partial charge on any atom is 0.343 e. The Kier molecular flexibility index (Phi) is 5.39. The van der Waals surface area contributed by atoms with E-state index in [2.05, 4.69) is 10.5 Å². The van der Waals surface area contributed by atoms with Crippen molar-refractivity contribution in [1.29, 1.82) is 0 Å². The van der Waals surface area contributed by atoms with Crippen LogP contribution in [0.4, 0.5) is 0 Å². The number of carbonyl (C=O) groups is 2. The van der Waals surface area contributed by atoms with Gasteiger partial charge in [-0.3, -0.25) is 4.79 Å². The van der Waals surface area contributed by atoms with Crippen LogP contribution in [0, 0.1) is 6.92 Å². The number of rotatable bonds is 5. The molecular formula is C24H18N2O4. The summed E-state index contributed by atoms with van der Waals surface area (Å²) in [5.41, 5.74) is 5.36. The minimum absolute atomic E-state index is 0.187. The van der Waals surface area contributed by atoms with Crippen molar-refractivity contribution in [3.8, 4) is 5.75 Å². The standard InChI is InChI=1S/C24H18N2O4/c1-16-6-10-18(11-7-16)24(28)29-20-12-8-17(9-13-20)15-25-26-23(27)22-14-19-4-2-3-5-21(19)30-22/h2-15H,1H3,(H,26,27)/b25-15-. The highest BCUT2D eigenvalue weighted by molar-refractivity contribution is 5.96. The molecule has 0 spiro atoms. The molecule has 4 rings (SSSR count). The molecule has 0 aliphatic rings. The first-order valence-corrected chi connectivity index (χ1v) is 9.29. The SMILES string of the molecule is Cc1ccc(C(=O)Oc2ccc(/C=N\NC(=O)c3cc4ccccc4o3)cc2)cc1. The van der Waals surface area contributed by atoms with E-state index in [4.69, 9.17) is 9.15 Å². The Morgan fingerprint density at radius 3 is 2.43 bits per heavy atom. The van der Waals surface area contributed by atoms with Crippen molar-refractivity contribution in [2.45, 2.75) is 6.92 Å². The molecule has 3 aromatic carbocycles. The second kappa shape index (κ2) is 8.45. The van der Waals surface area contributed by atoms with Crippen LogP contribution < -0.4 is 10.2 Å². The third-order valence-electron chi connectivity index (χ3n) is 4.41. The molecule has 1 amide bonds. The zero-order valence-electron chi connectivity index (χ0n) is 16.2. The number of furan rings is 1. The van der Waals surface area contributed by atoms with Gasteiger partial charge in [-0.05, 0) is 61.0 Å². The van der Waals surface area contributed by atoms with Crippen molar-refractivity contribution in [2.24, 2.45) is 5.10 Å². The lowest BCUT2D eigenvalue weighted by Crippen LogP contribution is -2.16. The summed E-state index contributed by atoms with van der Waals surface area (Å²) in [6, 6.07) is 23.0. The number of nitrogens with zero attached hydrogens (tertiary/aromatic N) is 1. The first kappa shape index (κ1) is 19.1. The normalized spacial score (nSPS) is 11.0. The molecule has 1 heterocycles. The second-order valence-corrected chi connectivity index (χ2v) is 6.67. The Bertz CT molecular complexity index is 1190. The number of para-hydroxylation sites is 1. The van der Waals surface area contributed by atoms with E-state index in [1.54, 1.807) is 48.5 Å². The molecule has 0 aliphatic heterocycles. The lowest BCUT2D eigenvalue weighted by molar-refractivity contribution is 0.0734. The second-order valence-electron chi connectivity index (χ2n) is 6.67. The van der Waals surface area contributed by atoms with Crippen LogP contribution in [-0.4, -0.2) is 18.1 Å². The van der Waals surface area contributed by atoms with Crippen LogP contribution in [0.3, 0.4) is 0 Å². The van der Waals surface area contributed by atoms with Gasteiger partial charge >= 0.3 is 11.9 Å². The van der Waals surface area contributed by atoms with Gasteiger partial charge in [0, 0.05) is 5.39 Å². The number of carbonyl (C=O) groups excluding carboxylic acids is 2. The number of hydrazone groups is 1. The van der Waals surface area contributed by atoms with Crippen molar-refractivity contribution in [3.63, 3.8) is 0 Å². The van der Waals surface area contributed by atoms with E-state index in [0.29, 0.717) is 16.9 Å². The van der Waals surface area contributed by atoms with Crippen LogP contribution >= 0.6 is 0 Å². The summed E-state index contributed by atoms with van der Waals surface area (Å²) in [6.07, 6.45) is 1.49. The molecule has 4 aromatic rings. The van der Waals surface area contributed by atoms with Crippen LogP contribution in [0.15, 0.2) is 88.4 Å². The summed E-state index contributed by atoms with van der Waals surface area (Å²) >= 11 is 0. The fourth-order valence-electron chi connectivity index (χ4n) is 2.79. The number of hydrogen-bond donors (Lipinski definition) is 1. The predicted octanol–water partition coefficient (Wildman–Crippen LogP) is 4.72. The van der Waals surface area contributed by atoms with Gasteiger partial charge in [-0.2, -0.15) is 5.10 Å². The summed E-state index contributed by atoms with van der Waals surface area (Å²) in [4.78, 5) is 24.3. The predicted molar refractivity (Wildman–Crippen MR) is 114 cm³/mol. The maximum absolute atomic E-state index is 12.2. The van der Waals surface area contributed by atoms with Crippen LogP contribution in [0.25, 0.3) is 11.0 Å². The molecule has 30 heavy (non-hydrogen) atoms. The molecule has 0 saturated heterocycles. The van der Waals surface area contributed by atoms with Gasteiger partial charge in [0.15, 0.2) is 5.76 Å². The number of fused-ring (bicyclic) bond motifs is 1. The summed E-state index contributed by atoms with van der Waals surface area (Å²) in [5.74, 6) is -0.253. The Hall–Kier alpha value is -4.19. The highest BCUT2D eigenvalue weighted by Crippen LogP contribution is 2.18. The first-order chi connectivity index (χ1) is 14.6. The third-order valence-corrected chi connectivity index (χ3v) is 4.41. The van der Waals surface area contributed by atoms with Gasteiger partial charge in [0.25, 0.3) is 0 Å². The van der Waals surface area contributed by atoms with Gasteiger partial charge < -0.3 is 9.15 Å². The number of amides is 1. The van der Waals surface area contributed by atoms with Crippen molar-refractivity contribution in [3.05, 3.63) is 101 Å². The molecule has 0 atom stereocenters. The molecule has 6 heteroatoms. The minimum atomic E-state index is -0.439. The number of nitrogens with one attached hydrogen (secondary N) is 1. The fourth-order valence-corrected chi connectivity index (χ4v) is 2.79. The quantitative estimate of drug-likeness (QED) is 0.228. The lowest BCUT2D eigenvalue weighted by Gasteiger charge is -2.05. The molecule has 0 fully saturated rings. The maximum atomic E-state index is 12.2. The molecular weight excluding hydrogens is 380 g/mol. The molecule has 6 nitrogen and oxygen atoms in total. The highest BCUT2D eigenvalue weighted by Gasteiger charge is 2.11. The molecule has 0 saturated carbocycles. The smallest absolute Gasteiger partial charge is 0.343 e. The van der Waals surface area contributed by atoms with Gasteiger partial charge in [-0.15, -0.1) is 0 Å². The van der Waals surface area contributed by atoms with E-state index in [9.17, 15) is 9.59 Å². The van der Waals surface area contributed by atoms with E-state index < -0.39 is 11.9 Å². The minimum Gasteiger partial charge on any atom is -0.451 e. The molecule has 0 unspecified atom stereocenters. The van der Waals surface area contributed by atoms with E-state index in [-0.39, 0.29) is 5.76 Å². The van der Waals surface area contributed by atoms with E-state index in [1.807, 2.05) is 37.3 Å². The lowest BCUT2D eigenvalue weighted by atomic mass is 10.1. The number of hydrogen-bond acceptors (Lipinski definition) is 5. The van der Waals surface area contributed by atoms with Crippen LogP contribution in [0.5, 0.6) is 5.75 Å². The zero-order chi connectivity index (χ0) is 20.9. The number of ether oxygens (including phenoxy) is 1.